The van der Waals surface area contributed by atoms with Crippen molar-refractivity contribution >= 4 is 0 Å². The molecule has 2 nitrogen and oxygen atoms in total. The summed E-state index contributed by atoms with van der Waals surface area (Å²) in [5.74, 6) is 0.825. The maximum absolute atomic E-state index is 6.15. The summed E-state index contributed by atoms with van der Waals surface area (Å²) in [7, 11) is 0. The summed E-state index contributed by atoms with van der Waals surface area (Å²) in [6, 6.07) is 9.62. The van der Waals surface area contributed by atoms with Crippen molar-refractivity contribution < 1.29 is 0 Å². The van der Waals surface area contributed by atoms with Gasteiger partial charge in [0.2, 0.25) is 0 Å². The molecule has 1 aliphatic carbocycles. The van der Waals surface area contributed by atoms with Crippen LogP contribution in [0.2, 0.25) is 0 Å². The standard InChI is InChI=1S/C19H30N2/c1-19(2)9-4-11-21(12-10-19)18(14-20)17-6-3-5-16(13-17)15-7-8-15/h3,5-6,13,15,18H,4,7-12,14,20H2,1-2H3. The van der Waals surface area contributed by atoms with E-state index in [2.05, 4.69) is 43.0 Å². The second-order valence-corrected chi connectivity index (χ2v) is 7.75. The Labute approximate surface area is 129 Å². The molecule has 0 bridgehead atoms. The average molecular weight is 286 g/mol. The second kappa shape index (κ2) is 6.10. The van der Waals surface area contributed by atoms with Crippen molar-refractivity contribution in [3.05, 3.63) is 35.4 Å². The molecule has 1 saturated heterocycles. The molecule has 2 N–H and O–H groups in total. The molecule has 1 aromatic carbocycles. The quantitative estimate of drug-likeness (QED) is 0.904. The van der Waals surface area contributed by atoms with Crippen molar-refractivity contribution in [2.75, 3.05) is 19.6 Å². The zero-order valence-corrected chi connectivity index (χ0v) is 13.6. The van der Waals surface area contributed by atoms with Gasteiger partial charge in [0, 0.05) is 12.6 Å². The van der Waals surface area contributed by atoms with Gasteiger partial charge in [0.05, 0.1) is 0 Å². The lowest BCUT2D eigenvalue weighted by Crippen LogP contribution is -2.35. The van der Waals surface area contributed by atoms with E-state index in [0.717, 1.165) is 12.5 Å². The molecule has 0 radical (unpaired) electrons. The second-order valence-electron chi connectivity index (χ2n) is 7.75. The highest BCUT2D eigenvalue weighted by Crippen LogP contribution is 2.41. The lowest BCUT2D eigenvalue weighted by molar-refractivity contribution is 0.200. The molecule has 21 heavy (non-hydrogen) atoms. The van der Waals surface area contributed by atoms with Crippen molar-refractivity contribution in [1.82, 2.24) is 4.90 Å². The van der Waals surface area contributed by atoms with E-state index in [-0.39, 0.29) is 0 Å². The monoisotopic (exact) mass is 286 g/mol. The number of nitrogens with two attached hydrogens (primary N) is 1. The third-order valence-electron chi connectivity index (χ3n) is 5.38. The minimum absolute atomic E-state index is 0.401. The Morgan fingerprint density at radius 3 is 2.76 bits per heavy atom. The van der Waals surface area contributed by atoms with Gasteiger partial charge in [-0.25, -0.2) is 0 Å². The minimum atomic E-state index is 0.401. The van der Waals surface area contributed by atoms with Gasteiger partial charge < -0.3 is 5.73 Å². The van der Waals surface area contributed by atoms with E-state index in [1.807, 2.05) is 0 Å². The van der Waals surface area contributed by atoms with Gasteiger partial charge in [-0.05, 0) is 67.7 Å². The first kappa shape index (κ1) is 15.1. The number of hydrogen-bond acceptors (Lipinski definition) is 2. The molecule has 2 heteroatoms. The molecule has 1 aliphatic heterocycles. The van der Waals surface area contributed by atoms with Crippen molar-refractivity contribution in [1.29, 1.82) is 0 Å². The Morgan fingerprint density at radius 1 is 1.24 bits per heavy atom. The highest BCUT2D eigenvalue weighted by atomic mass is 15.2. The Kier molecular flexibility index (Phi) is 4.37. The van der Waals surface area contributed by atoms with Gasteiger partial charge in [0.25, 0.3) is 0 Å². The molecule has 0 aromatic heterocycles. The molecular formula is C19H30N2. The summed E-state index contributed by atoms with van der Waals surface area (Å²) < 4.78 is 0. The first-order valence-corrected chi connectivity index (χ1v) is 8.63. The molecular weight excluding hydrogens is 256 g/mol. The summed E-state index contributed by atoms with van der Waals surface area (Å²) in [5.41, 5.74) is 9.61. The summed E-state index contributed by atoms with van der Waals surface area (Å²) in [6.07, 6.45) is 6.66. The Bertz CT molecular complexity index is 476. The molecule has 0 amide bonds. The van der Waals surface area contributed by atoms with E-state index in [9.17, 15) is 0 Å². The zero-order chi connectivity index (χ0) is 14.9. The molecule has 2 aliphatic rings. The van der Waals surface area contributed by atoms with Crippen LogP contribution < -0.4 is 5.73 Å². The van der Waals surface area contributed by atoms with E-state index in [4.69, 9.17) is 5.73 Å². The number of hydrogen-bond donors (Lipinski definition) is 1. The smallest absolute Gasteiger partial charge is 0.0470 e. The first-order valence-electron chi connectivity index (χ1n) is 8.63. The fourth-order valence-electron chi connectivity index (χ4n) is 3.69. The summed E-state index contributed by atoms with van der Waals surface area (Å²) in [5, 5.41) is 0. The molecule has 1 aromatic rings. The van der Waals surface area contributed by atoms with Crippen LogP contribution in [-0.4, -0.2) is 24.5 Å². The van der Waals surface area contributed by atoms with Crippen LogP contribution in [0.5, 0.6) is 0 Å². The molecule has 1 atom stereocenters. The molecule has 1 unspecified atom stereocenters. The van der Waals surface area contributed by atoms with Crippen LogP contribution in [-0.2, 0) is 0 Å². The minimum Gasteiger partial charge on any atom is -0.329 e. The zero-order valence-electron chi connectivity index (χ0n) is 13.6. The Morgan fingerprint density at radius 2 is 2.05 bits per heavy atom. The summed E-state index contributed by atoms with van der Waals surface area (Å²) in [4.78, 5) is 2.63. The van der Waals surface area contributed by atoms with E-state index in [1.165, 1.54) is 56.3 Å². The maximum atomic E-state index is 6.15. The molecule has 116 valence electrons. The van der Waals surface area contributed by atoms with Crippen molar-refractivity contribution in [2.24, 2.45) is 11.1 Å². The number of benzene rings is 1. The van der Waals surface area contributed by atoms with E-state index >= 15 is 0 Å². The molecule has 0 spiro atoms. The topological polar surface area (TPSA) is 29.3 Å². The predicted octanol–water partition coefficient (Wildman–Crippen LogP) is 4.08. The van der Waals surface area contributed by atoms with Crippen molar-refractivity contribution in [3.8, 4) is 0 Å². The van der Waals surface area contributed by atoms with Crippen molar-refractivity contribution in [2.45, 2.75) is 57.9 Å². The van der Waals surface area contributed by atoms with Gasteiger partial charge >= 0.3 is 0 Å². The number of likely N-dealkylation sites (tertiary alicyclic amines) is 1. The van der Waals surface area contributed by atoms with E-state index in [1.54, 1.807) is 0 Å². The van der Waals surface area contributed by atoms with Gasteiger partial charge in [-0.1, -0.05) is 38.1 Å². The van der Waals surface area contributed by atoms with Gasteiger partial charge in [0.15, 0.2) is 0 Å². The first-order chi connectivity index (χ1) is 10.1. The highest BCUT2D eigenvalue weighted by Gasteiger charge is 2.28. The highest BCUT2D eigenvalue weighted by molar-refractivity contribution is 5.31. The van der Waals surface area contributed by atoms with Crippen LogP contribution in [0.15, 0.2) is 24.3 Å². The van der Waals surface area contributed by atoms with Crippen LogP contribution in [0.1, 0.15) is 69.0 Å². The van der Waals surface area contributed by atoms with Crippen LogP contribution in [0, 0.1) is 5.41 Å². The molecule has 2 fully saturated rings. The third-order valence-corrected chi connectivity index (χ3v) is 5.38. The molecule has 3 rings (SSSR count). The van der Waals surface area contributed by atoms with Gasteiger partial charge in [-0.2, -0.15) is 0 Å². The third kappa shape index (κ3) is 3.67. The SMILES string of the molecule is CC1(C)CCCN(C(CN)c2cccc(C3CC3)c2)CC1. The van der Waals surface area contributed by atoms with Crippen LogP contribution >= 0.6 is 0 Å². The normalized spacial score (nSPS) is 24.5. The predicted molar refractivity (Wildman–Crippen MR) is 89.4 cm³/mol. The maximum Gasteiger partial charge on any atom is 0.0470 e. The van der Waals surface area contributed by atoms with Gasteiger partial charge in [-0.15, -0.1) is 0 Å². The number of nitrogens with zero attached hydrogens (tertiary/aromatic N) is 1. The van der Waals surface area contributed by atoms with E-state index in [0.29, 0.717) is 11.5 Å². The largest absolute Gasteiger partial charge is 0.329 e. The average Bonchev–Trinajstić information content (AvgIpc) is 3.29. The summed E-state index contributed by atoms with van der Waals surface area (Å²) >= 11 is 0. The fourth-order valence-corrected chi connectivity index (χ4v) is 3.69. The Hall–Kier alpha value is -0.860. The van der Waals surface area contributed by atoms with E-state index < -0.39 is 0 Å². The fraction of sp³-hybridized carbons (Fsp3) is 0.684. The van der Waals surface area contributed by atoms with Gasteiger partial charge in [0.1, 0.15) is 0 Å². The lowest BCUT2D eigenvalue weighted by Gasteiger charge is -2.31. The van der Waals surface area contributed by atoms with Gasteiger partial charge in [-0.3, -0.25) is 4.90 Å². The lowest BCUT2D eigenvalue weighted by atomic mass is 9.85. The summed E-state index contributed by atoms with van der Waals surface area (Å²) in [6.45, 7) is 7.92. The van der Waals surface area contributed by atoms with Crippen molar-refractivity contribution in [3.63, 3.8) is 0 Å². The van der Waals surface area contributed by atoms with Crippen LogP contribution in [0.4, 0.5) is 0 Å². The Balaban J connectivity index is 1.76. The van der Waals surface area contributed by atoms with Crippen LogP contribution in [0.3, 0.4) is 0 Å². The number of rotatable bonds is 4. The van der Waals surface area contributed by atoms with Crippen LogP contribution in [0.25, 0.3) is 0 Å². The molecule has 1 saturated carbocycles. The molecule has 1 heterocycles.